The first-order chi connectivity index (χ1) is 21.5. The Balaban J connectivity index is 1.63. The topological polar surface area (TPSA) is 204 Å². The van der Waals surface area contributed by atoms with Crippen LogP contribution < -0.4 is 21.1 Å². The molecule has 4 rings (SSSR count). The quantitative estimate of drug-likeness (QED) is 0.216. The second-order valence-electron chi connectivity index (χ2n) is 10.4. The number of nitriles is 1. The highest BCUT2D eigenvalue weighted by molar-refractivity contribution is 7.88. The minimum atomic E-state index is -5.22. The SMILES string of the molecule is [CH2]c1ccc(C#N)nc1C(=O)N(C(=O)[C@@H]1CCCN1)S(=O)(=O)NC(=O)[C@H](Cc1ccccc1)NC(=O)[C@@H](N)Cc1ccccc1. The van der Waals surface area contributed by atoms with Gasteiger partial charge in [0.25, 0.3) is 17.7 Å². The molecule has 0 bridgehead atoms. The number of nitrogens with one attached hydrogen (secondary N) is 3. The van der Waals surface area contributed by atoms with E-state index in [4.69, 9.17) is 5.73 Å². The van der Waals surface area contributed by atoms with Crippen LogP contribution in [-0.4, -0.2) is 66.0 Å². The van der Waals surface area contributed by atoms with Crippen LogP contribution in [0.25, 0.3) is 0 Å². The monoisotopic (exact) mass is 630 g/mol. The molecule has 3 aromatic rings. The molecule has 233 valence electrons. The summed E-state index contributed by atoms with van der Waals surface area (Å²) in [4.78, 5) is 57.6. The summed E-state index contributed by atoms with van der Waals surface area (Å²) in [5, 5.41) is 14.6. The molecule has 13 nitrogen and oxygen atoms in total. The van der Waals surface area contributed by atoms with Crippen LogP contribution >= 0.6 is 0 Å². The maximum atomic E-state index is 13.7. The van der Waals surface area contributed by atoms with Crippen LogP contribution in [0.15, 0.2) is 72.8 Å². The third-order valence-corrected chi connectivity index (χ3v) is 8.35. The van der Waals surface area contributed by atoms with Crippen molar-refractivity contribution in [3.8, 4) is 6.07 Å². The molecule has 0 spiro atoms. The number of imide groups is 1. The predicted octanol–water partition coefficient (Wildman–Crippen LogP) is 0.515. The molecule has 4 amide bonds. The number of pyridine rings is 1. The zero-order valence-electron chi connectivity index (χ0n) is 24.2. The molecule has 5 N–H and O–H groups in total. The highest BCUT2D eigenvalue weighted by atomic mass is 32.2. The number of carbonyl (C=O) groups excluding carboxylic acids is 4. The molecule has 0 aliphatic carbocycles. The van der Waals surface area contributed by atoms with Crippen LogP contribution in [-0.2, 0) is 37.4 Å². The second-order valence-corrected chi connectivity index (χ2v) is 11.9. The number of carbonyl (C=O) groups is 4. The summed E-state index contributed by atoms with van der Waals surface area (Å²) in [5.41, 5.74) is 6.67. The number of amides is 4. The van der Waals surface area contributed by atoms with Gasteiger partial charge in [0, 0.05) is 6.42 Å². The summed E-state index contributed by atoms with van der Waals surface area (Å²) in [5.74, 6) is -4.47. The first-order valence-corrected chi connectivity index (χ1v) is 15.5. The van der Waals surface area contributed by atoms with Gasteiger partial charge in [-0.1, -0.05) is 66.7 Å². The van der Waals surface area contributed by atoms with Crippen LogP contribution in [0.1, 0.15) is 45.7 Å². The standard InChI is InChI=1S/C31H32N7O6S/c1-20-14-15-23(19-32)35-27(20)31(42)38(30(41)25-13-8-16-34-25)45(43,44)37-29(40)26(18-22-11-6-3-7-12-22)36-28(39)24(33)17-21-9-4-2-5-10-21/h2-7,9-12,14-15,24-26,34H,1,8,13,16-18,33H2,(H,36,39)(H,37,40)/t24-,25-,26-/m0/s1. The highest BCUT2D eigenvalue weighted by Gasteiger charge is 2.42. The van der Waals surface area contributed by atoms with Gasteiger partial charge in [0.15, 0.2) is 0 Å². The smallest absolute Gasteiger partial charge is 0.335 e. The fourth-order valence-electron chi connectivity index (χ4n) is 4.74. The van der Waals surface area contributed by atoms with E-state index in [0.29, 0.717) is 18.5 Å². The summed E-state index contributed by atoms with van der Waals surface area (Å²) in [6.07, 6.45) is 0.799. The summed E-state index contributed by atoms with van der Waals surface area (Å²) in [6, 6.07) is 18.2. The summed E-state index contributed by atoms with van der Waals surface area (Å²) >= 11 is 0. The van der Waals surface area contributed by atoms with Crippen molar-refractivity contribution in [2.75, 3.05) is 6.54 Å². The Morgan fingerprint density at radius 2 is 1.62 bits per heavy atom. The van der Waals surface area contributed by atoms with Gasteiger partial charge in [0.1, 0.15) is 23.5 Å². The van der Waals surface area contributed by atoms with Gasteiger partial charge >= 0.3 is 10.2 Å². The molecule has 3 atom stereocenters. The van der Waals surface area contributed by atoms with Crippen LogP contribution in [0, 0.1) is 18.3 Å². The van der Waals surface area contributed by atoms with Crippen molar-refractivity contribution in [3.63, 3.8) is 0 Å². The predicted molar refractivity (Wildman–Crippen MR) is 163 cm³/mol. The van der Waals surface area contributed by atoms with E-state index < -0.39 is 57.7 Å². The van der Waals surface area contributed by atoms with E-state index >= 15 is 0 Å². The molecule has 1 radical (unpaired) electrons. The number of nitrogens with two attached hydrogens (primary N) is 1. The van der Waals surface area contributed by atoms with Crippen molar-refractivity contribution < 1.29 is 27.6 Å². The Bertz CT molecular complexity index is 1710. The lowest BCUT2D eigenvalue weighted by Crippen LogP contribution is -2.58. The fraction of sp³-hybridized carbons (Fsp3) is 0.258. The van der Waals surface area contributed by atoms with E-state index in [-0.39, 0.29) is 34.8 Å². The number of aromatic nitrogens is 1. The number of rotatable bonds is 11. The zero-order chi connectivity index (χ0) is 32.6. The molecular formula is C31H32N7O6S. The molecule has 2 aromatic carbocycles. The molecular weight excluding hydrogens is 598 g/mol. The van der Waals surface area contributed by atoms with Gasteiger partial charge in [0.2, 0.25) is 5.91 Å². The van der Waals surface area contributed by atoms with E-state index in [1.807, 2.05) is 6.07 Å². The van der Waals surface area contributed by atoms with E-state index in [1.165, 1.54) is 12.1 Å². The summed E-state index contributed by atoms with van der Waals surface area (Å²) in [7, 11) is -5.22. The van der Waals surface area contributed by atoms with Gasteiger partial charge in [-0.15, -0.1) is 4.31 Å². The average molecular weight is 631 g/mol. The zero-order valence-corrected chi connectivity index (χ0v) is 25.0. The van der Waals surface area contributed by atoms with Crippen molar-refractivity contribution in [1.82, 2.24) is 24.6 Å². The lowest BCUT2D eigenvalue weighted by molar-refractivity contribution is -0.129. The maximum absolute atomic E-state index is 13.7. The van der Waals surface area contributed by atoms with Crippen LogP contribution in [0.5, 0.6) is 0 Å². The van der Waals surface area contributed by atoms with Crippen molar-refractivity contribution in [2.45, 2.75) is 43.8 Å². The van der Waals surface area contributed by atoms with Crippen molar-refractivity contribution >= 4 is 33.8 Å². The van der Waals surface area contributed by atoms with E-state index in [9.17, 15) is 32.9 Å². The minimum Gasteiger partial charge on any atom is -0.343 e. The molecule has 45 heavy (non-hydrogen) atoms. The van der Waals surface area contributed by atoms with E-state index in [0.717, 1.165) is 5.56 Å². The van der Waals surface area contributed by atoms with Crippen LogP contribution in [0.2, 0.25) is 0 Å². The first-order valence-electron chi connectivity index (χ1n) is 14.1. The largest absolute Gasteiger partial charge is 0.343 e. The van der Waals surface area contributed by atoms with Crippen LogP contribution in [0.4, 0.5) is 0 Å². The average Bonchev–Trinajstić information content (AvgIpc) is 3.57. The van der Waals surface area contributed by atoms with Crippen LogP contribution in [0.3, 0.4) is 0 Å². The van der Waals surface area contributed by atoms with Crippen molar-refractivity contribution in [1.29, 1.82) is 5.26 Å². The van der Waals surface area contributed by atoms with Gasteiger partial charge in [-0.2, -0.15) is 13.7 Å². The number of hydrogen-bond donors (Lipinski definition) is 4. The Morgan fingerprint density at radius 1 is 1.00 bits per heavy atom. The Kier molecular flexibility index (Phi) is 10.7. The minimum absolute atomic E-state index is 0.0423. The van der Waals surface area contributed by atoms with Crippen molar-refractivity contribution in [3.05, 3.63) is 108 Å². The highest BCUT2D eigenvalue weighted by Crippen LogP contribution is 2.17. The normalized spacial score (nSPS) is 15.7. The maximum Gasteiger partial charge on any atom is 0.335 e. The molecule has 1 aliphatic rings. The first kappa shape index (κ1) is 32.9. The number of benzene rings is 2. The molecule has 1 aromatic heterocycles. The van der Waals surface area contributed by atoms with Gasteiger partial charge < -0.3 is 16.4 Å². The van der Waals surface area contributed by atoms with Gasteiger partial charge in [0.05, 0.1) is 12.1 Å². The van der Waals surface area contributed by atoms with E-state index in [2.05, 4.69) is 22.5 Å². The number of nitrogens with zero attached hydrogens (tertiary/aromatic N) is 3. The van der Waals surface area contributed by atoms with E-state index in [1.54, 1.807) is 65.4 Å². The molecule has 0 unspecified atom stereocenters. The van der Waals surface area contributed by atoms with Gasteiger partial charge in [-0.25, -0.2) is 9.71 Å². The Hall–Kier alpha value is -4.97. The molecule has 1 aliphatic heterocycles. The van der Waals surface area contributed by atoms with Gasteiger partial charge in [-0.3, -0.25) is 19.2 Å². The van der Waals surface area contributed by atoms with Crippen molar-refractivity contribution in [2.24, 2.45) is 5.73 Å². The lowest BCUT2D eigenvalue weighted by Gasteiger charge is -2.26. The third-order valence-electron chi connectivity index (χ3n) is 7.06. The molecule has 1 fully saturated rings. The van der Waals surface area contributed by atoms with Gasteiger partial charge in [-0.05, 0) is 55.5 Å². The second kappa shape index (κ2) is 14.7. The third kappa shape index (κ3) is 8.36. The molecule has 0 saturated carbocycles. The molecule has 1 saturated heterocycles. The molecule has 2 heterocycles. The number of hydrogen-bond acceptors (Lipinski definition) is 10. The molecule has 14 heteroatoms. The summed E-state index contributed by atoms with van der Waals surface area (Å²) in [6.45, 7) is 4.07. The Morgan fingerprint density at radius 3 is 2.20 bits per heavy atom. The lowest BCUT2D eigenvalue weighted by atomic mass is 10.0. The Labute approximate surface area is 261 Å². The summed E-state index contributed by atoms with van der Waals surface area (Å²) < 4.78 is 29.1. The fourth-order valence-corrected chi connectivity index (χ4v) is 5.90.